The Morgan fingerprint density at radius 1 is 1.75 bits per heavy atom. The molecule has 0 aromatic carbocycles. The zero-order chi connectivity index (χ0) is 5.98. The Bertz CT molecular complexity index is 66.8. The van der Waals surface area contributed by atoms with Crippen LogP contribution in [-0.2, 0) is 0 Å². The molecule has 3 heteroatoms. The van der Waals surface area contributed by atoms with Crippen molar-refractivity contribution in [3.05, 3.63) is 0 Å². The van der Waals surface area contributed by atoms with E-state index in [9.17, 15) is 0 Å². The maximum Gasteiger partial charge on any atom is 0.0291 e. The van der Waals surface area contributed by atoms with Gasteiger partial charge >= 0.3 is 0 Å². The predicted octanol–water partition coefficient (Wildman–Crippen LogP) is 0.630. The molecule has 1 unspecified atom stereocenters. The molecule has 0 amide bonds. The standard InChI is InChI=1S/C5H11IN2/c1-5-4-7-2-3-8(5)6/h5,7H,2-4H2,1H3. The van der Waals surface area contributed by atoms with Crippen molar-refractivity contribution in [2.24, 2.45) is 0 Å². The fourth-order valence-corrected chi connectivity index (χ4v) is 1.25. The molecule has 0 radical (unpaired) electrons. The van der Waals surface area contributed by atoms with E-state index in [0.717, 1.165) is 13.1 Å². The third-order valence-electron chi connectivity index (χ3n) is 1.42. The molecule has 2 nitrogen and oxygen atoms in total. The minimum atomic E-state index is 0.712. The number of piperazine rings is 1. The maximum absolute atomic E-state index is 3.32. The highest BCUT2D eigenvalue weighted by molar-refractivity contribution is 14.1. The smallest absolute Gasteiger partial charge is 0.0291 e. The topological polar surface area (TPSA) is 15.3 Å². The Labute approximate surface area is 64.1 Å². The van der Waals surface area contributed by atoms with Crippen LogP contribution in [0.3, 0.4) is 0 Å². The summed E-state index contributed by atoms with van der Waals surface area (Å²) < 4.78 is 2.34. The predicted molar refractivity (Wildman–Crippen MR) is 43.1 cm³/mol. The van der Waals surface area contributed by atoms with Crippen molar-refractivity contribution >= 4 is 22.9 Å². The highest BCUT2D eigenvalue weighted by Crippen LogP contribution is 2.06. The summed E-state index contributed by atoms with van der Waals surface area (Å²) in [5.74, 6) is 0. The first-order valence-corrected chi connectivity index (χ1v) is 3.90. The van der Waals surface area contributed by atoms with E-state index in [1.165, 1.54) is 6.54 Å². The van der Waals surface area contributed by atoms with Gasteiger partial charge in [0, 0.05) is 48.5 Å². The lowest BCUT2D eigenvalue weighted by Gasteiger charge is -2.27. The maximum atomic E-state index is 3.32. The van der Waals surface area contributed by atoms with E-state index in [0.29, 0.717) is 6.04 Å². The van der Waals surface area contributed by atoms with Crippen molar-refractivity contribution in [2.75, 3.05) is 19.6 Å². The zero-order valence-corrected chi connectivity index (χ0v) is 7.18. The van der Waals surface area contributed by atoms with Gasteiger partial charge in [-0.25, -0.2) is 3.11 Å². The molecule has 1 saturated heterocycles. The van der Waals surface area contributed by atoms with E-state index in [1.54, 1.807) is 0 Å². The number of halogens is 1. The Hall–Kier alpha value is 0.650. The molecular weight excluding hydrogens is 215 g/mol. The summed E-state index contributed by atoms with van der Waals surface area (Å²) in [5, 5.41) is 3.32. The molecule has 0 spiro atoms. The monoisotopic (exact) mass is 226 g/mol. The molecule has 1 heterocycles. The number of nitrogens with one attached hydrogen (secondary N) is 1. The van der Waals surface area contributed by atoms with Crippen molar-refractivity contribution in [3.63, 3.8) is 0 Å². The van der Waals surface area contributed by atoms with Gasteiger partial charge in [0.25, 0.3) is 0 Å². The summed E-state index contributed by atoms with van der Waals surface area (Å²) in [7, 11) is 0. The van der Waals surface area contributed by atoms with Crippen molar-refractivity contribution < 1.29 is 0 Å². The van der Waals surface area contributed by atoms with Crippen LogP contribution >= 0.6 is 22.9 Å². The fourth-order valence-electron chi connectivity index (χ4n) is 0.816. The highest BCUT2D eigenvalue weighted by Gasteiger charge is 2.13. The molecule has 0 bridgehead atoms. The van der Waals surface area contributed by atoms with Crippen molar-refractivity contribution in [1.82, 2.24) is 8.43 Å². The molecule has 1 rings (SSSR count). The van der Waals surface area contributed by atoms with Crippen LogP contribution in [0.25, 0.3) is 0 Å². The summed E-state index contributed by atoms with van der Waals surface area (Å²) in [6.07, 6.45) is 0. The van der Waals surface area contributed by atoms with E-state index in [2.05, 4.69) is 38.2 Å². The summed E-state index contributed by atoms with van der Waals surface area (Å²) >= 11 is 2.38. The SMILES string of the molecule is CC1CNCCN1I. The number of hydrogen-bond acceptors (Lipinski definition) is 2. The molecule has 48 valence electrons. The molecule has 1 fully saturated rings. The minimum absolute atomic E-state index is 0.712. The first kappa shape index (κ1) is 6.77. The molecule has 0 aromatic rings. The molecule has 1 atom stereocenters. The van der Waals surface area contributed by atoms with Gasteiger partial charge < -0.3 is 5.32 Å². The largest absolute Gasteiger partial charge is 0.314 e. The molecule has 8 heavy (non-hydrogen) atoms. The van der Waals surface area contributed by atoms with Crippen LogP contribution in [0.5, 0.6) is 0 Å². The lowest BCUT2D eigenvalue weighted by atomic mass is 10.3. The molecule has 1 N–H and O–H groups in total. The Morgan fingerprint density at radius 3 is 2.88 bits per heavy atom. The summed E-state index contributed by atoms with van der Waals surface area (Å²) in [6, 6.07) is 0.712. The normalized spacial score (nSPS) is 33.0. The lowest BCUT2D eigenvalue weighted by Crippen LogP contribution is -2.44. The van der Waals surface area contributed by atoms with Gasteiger partial charge in [-0.15, -0.1) is 0 Å². The summed E-state index contributed by atoms with van der Waals surface area (Å²) in [5.41, 5.74) is 0. The zero-order valence-electron chi connectivity index (χ0n) is 5.02. The van der Waals surface area contributed by atoms with Crippen molar-refractivity contribution in [2.45, 2.75) is 13.0 Å². The van der Waals surface area contributed by atoms with Gasteiger partial charge in [0.15, 0.2) is 0 Å². The van der Waals surface area contributed by atoms with Crippen LogP contribution < -0.4 is 5.32 Å². The highest BCUT2D eigenvalue weighted by atomic mass is 127. The van der Waals surface area contributed by atoms with Crippen LogP contribution in [0.15, 0.2) is 0 Å². The fraction of sp³-hybridized carbons (Fsp3) is 1.00. The Balaban J connectivity index is 2.28. The van der Waals surface area contributed by atoms with E-state index in [-0.39, 0.29) is 0 Å². The third kappa shape index (κ3) is 1.56. The average molecular weight is 226 g/mol. The first-order valence-electron chi connectivity index (χ1n) is 2.94. The van der Waals surface area contributed by atoms with Crippen LogP contribution in [0, 0.1) is 0 Å². The van der Waals surface area contributed by atoms with Gasteiger partial charge in [-0.1, -0.05) is 0 Å². The van der Waals surface area contributed by atoms with Gasteiger partial charge in [-0.3, -0.25) is 0 Å². The van der Waals surface area contributed by atoms with E-state index >= 15 is 0 Å². The molecular formula is C5H11IN2. The van der Waals surface area contributed by atoms with Crippen LogP contribution in [0.4, 0.5) is 0 Å². The first-order chi connectivity index (χ1) is 3.80. The van der Waals surface area contributed by atoms with Gasteiger partial charge in [-0.05, 0) is 6.92 Å². The second-order valence-electron chi connectivity index (χ2n) is 2.18. The van der Waals surface area contributed by atoms with E-state index < -0.39 is 0 Å². The van der Waals surface area contributed by atoms with E-state index in [4.69, 9.17) is 0 Å². The quantitative estimate of drug-likeness (QED) is 0.481. The van der Waals surface area contributed by atoms with Crippen molar-refractivity contribution in [1.29, 1.82) is 0 Å². The average Bonchev–Trinajstić information content (AvgIpc) is 1.77. The van der Waals surface area contributed by atoms with Gasteiger partial charge in [0.05, 0.1) is 0 Å². The molecule has 1 aliphatic rings. The summed E-state index contributed by atoms with van der Waals surface area (Å²) in [6.45, 7) is 5.70. The molecule has 1 aliphatic heterocycles. The van der Waals surface area contributed by atoms with Gasteiger partial charge in [-0.2, -0.15) is 0 Å². The van der Waals surface area contributed by atoms with Crippen molar-refractivity contribution in [3.8, 4) is 0 Å². The molecule has 0 aliphatic carbocycles. The number of nitrogens with zero attached hydrogens (tertiary/aromatic N) is 1. The van der Waals surface area contributed by atoms with E-state index in [1.807, 2.05) is 0 Å². The van der Waals surface area contributed by atoms with Crippen LogP contribution in [0.1, 0.15) is 6.92 Å². The minimum Gasteiger partial charge on any atom is -0.314 e. The lowest BCUT2D eigenvalue weighted by molar-refractivity contribution is 0.334. The third-order valence-corrected chi connectivity index (χ3v) is 2.85. The second kappa shape index (κ2) is 2.98. The number of hydrogen-bond donors (Lipinski definition) is 1. The molecule has 0 saturated carbocycles. The Morgan fingerprint density at radius 2 is 2.50 bits per heavy atom. The van der Waals surface area contributed by atoms with Crippen LogP contribution in [0.2, 0.25) is 0 Å². The van der Waals surface area contributed by atoms with Gasteiger partial charge in [0.2, 0.25) is 0 Å². The molecule has 0 aromatic heterocycles. The summed E-state index contributed by atoms with van der Waals surface area (Å²) in [4.78, 5) is 0. The van der Waals surface area contributed by atoms with Crippen LogP contribution in [-0.4, -0.2) is 28.8 Å². The second-order valence-corrected chi connectivity index (χ2v) is 3.42. The van der Waals surface area contributed by atoms with Gasteiger partial charge in [0.1, 0.15) is 0 Å². The Kier molecular flexibility index (Phi) is 2.52. The number of rotatable bonds is 0.